The van der Waals surface area contributed by atoms with E-state index in [1.165, 1.54) is 44.1 Å². The van der Waals surface area contributed by atoms with Gasteiger partial charge in [-0.05, 0) is 69.2 Å². The van der Waals surface area contributed by atoms with E-state index in [4.69, 9.17) is 9.47 Å². The summed E-state index contributed by atoms with van der Waals surface area (Å²) in [6.45, 7) is 1.16. The Hall–Kier alpha value is -1.22. The van der Waals surface area contributed by atoms with Gasteiger partial charge in [0, 0.05) is 6.04 Å². The third-order valence-electron chi connectivity index (χ3n) is 4.47. The molecule has 3 heteroatoms. The number of ether oxygens (including phenoxy) is 2. The predicted molar refractivity (Wildman–Crippen MR) is 80.6 cm³/mol. The lowest BCUT2D eigenvalue weighted by atomic mass is 10.0. The highest BCUT2D eigenvalue weighted by molar-refractivity contribution is 5.43. The van der Waals surface area contributed by atoms with Crippen molar-refractivity contribution in [1.82, 2.24) is 5.32 Å². The molecule has 110 valence electrons. The highest BCUT2D eigenvalue weighted by atomic mass is 16.5. The Balaban J connectivity index is 1.71. The van der Waals surface area contributed by atoms with Crippen LogP contribution < -0.4 is 14.8 Å². The van der Waals surface area contributed by atoms with E-state index in [2.05, 4.69) is 23.5 Å². The first kappa shape index (κ1) is 13.7. The fourth-order valence-corrected chi connectivity index (χ4v) is 3.34. The van der Waals surface area contributed by atoms with Crippen molar-refractivity contribution in [2.24, 2.45) is 0 Å². The molecule has 0 aromatic heterocycles. The Morgan fingerprint density at radius 1 is 1.10 bits per heavy atom. The van der Waals surface area contributed by atoms with Gasteiger partial charge in [0.15, 0.2) is 11.5 Å². The molecule has 1 saturated carbocycles. The van der Waals surface area contributed by atoms with E-state index < -0.39 is 0 Å². The molecule has 1 atom stereocenters. The summed E-state index contributed by atoms with van der Waals surface area (Å²) in [7, 11) is 1.72. The maximum Gasteiger partial charge on any atom is 0.161 e. The van der Waals surface area contributed by atoms with Gasteiger partial charge in [-0.3, -0.25) is 0 Å². The van der Waals surface area contributed by atoms with Gasteiger partial charge in [-0.2, -0.15) is 0 Å². The molecule has 3 nitrogen and oxygen atoms in total. The quantitative estimate of drug-likeness (QED) is 0.894. The molecule has 1 heterocycles. The summed E-state index contributed by atoms with van der Waals surface area (Å²) in [5.74, 6) is 1.79. The van der Waals surface area contributed by atoms with Crippen LogP contribution in [0.1, 0.15) is 44.1 Å². The molecule has 3 rings (SSSR count). The van der Waals surface area contributed by atoms with E-state index in [1.807, 2.05) is 0 Å². The van der Waals surface area contributed by atoms with Crippen LogP contribution in [0.4, 0.5) is 0 Å². The second-order valence-corrected chi connectivity index (χ2v) is 6.01. The normalized spacial score (nSPS) is 23.1. The first-order valence-corrected chi connectivity index (χ1v) is 7.92. The van der Waals surface area contributed by atoms with Crippen LogP contribution in [-0.2, 0) is 6.42 Å². The van der Waals surface area contributed by atoms with Gasteiger partial charge in [0.25, 0.3) is 0 Å². The molecule has 1 aromatic rings. The summed E-state index contributed by atoms with van der Waals surface area (Å²) in [6.07, 6.45) is 8.98. The molecule has 1 aromatic carbocycles. The van der Waals surface area contributed by atoms with Crippen LogP contribution in [0.3, 0.4) is 0 Å². The van der Waals surface area contributed by atoms with E-state index in [0.717, 1.165) is 24.5 Å². The molecular formula is C17H25NO2. The fraction of sp³-hybridized carbons (Fsp3) is 0.647. The number of nitrogens with one attached hydrogen (secondary N) is 1. The van der Waals surface area contributed by atoms with Gasteiger partial charge in [-0.1, -0.05) is 6.07 Å². The fourth-order valence-electron chi connectivity index (χ4n) is 3.34. The van der Waals surface area contributed by atoms with Gasteiger partial charge in [-0.25, -0.2) is 0 Å². The van der Waals surface area contributed by atoms with Crippen molar-refractivity contribution < 1.29 is 9.47 Å². The van der Waals surface area contributed by atoms with Crippen molar-refractivity contribution in [3.8, 4) is 11.5 Å². The van der Waals surface area contributed by atoms with Gasteiger partial charge >= 0.3 is 0 Å². The van der Waals surface area contributed by atoms with Crippen molar-refractivity contribution in [1.29, 1.82) is 0 Å². The highest BCUT2D eigenvalue weighted by Gasteiger charge is 2.20. The Bertz CT molecular complexity index is 435. The van der Waals surface area contributed by atoms with Gasteiger partial charge in [0.2, 0.25) is 0 Å². The number of rotatable bonds is 5. The first-order chi connectivity index (χ1) is 9.85. The monoisotopic (exact) mass is 275 g/mol. The maximum absolute atomic E-state index is 6.16. The molecule has 1 aliphatic carbocycles. The number of hydrogen-bond donors (Lipinski definition) is 1. The van der Waals surface area contributed by atoms with Gasteiger partial charge in [0.1, 0.15) is 0 Å². The van der Waals surface area contributed by atoms with Crippen molar-refractivity contribution in [3.05, 3.63) is 23.8 Å². The summed E-state index contributed by atoms with van der Waals surface area (Å²) in [5, 5.41) is 3.55. The maximum atomic E-state index is 6.16. The van der Waals surface area contributed by atoms with Crippen LogP contribution in [0.15, 0.2) is 18.2 Å². The van der Waals surface area contributed by atoms with Crippen molar-refractivity contribution >= 4 is 0 Å². The SMILES string of the molecule is COc1ccc(CC2CCCN2)cc1OC1CCCC1. The third-order valence-corrected chi connectivity index (χ3v) is 4.47. The third kappa shape index (κ3) is 3.26. The lowest BCUT2D eigenvalue weighted by Crippen LogP contribution is -2.23. The summed E-state index contributed by atoms with van der Waals surface area (Å²) in [4.78, 5) is 0. The van der Waals surface area contributed by atoms with E-state index in [1.54, 1.807) is 7.11 Å². The Kier molecular flexibility index (Phi) is 4.46. The zero-order valence-corrected chi connectivity index (χ0v) is 12.4. The van der Waals surface area contributed by atoms with Crippen LogP contribution in [0.2, 0.25) is 0 Å². The zero-order chi connectivity index (χ0) is 13.8. The van der Waals surface area contributed by atoms with E-state index in [0.29, 0.717) is 12.1 Å². The Morgan fingerprint density at radius 3 is 2.65 bits per heavy atom. The molecule has 0 radical (unpaired) electrons. The van der Waals surface area contributed by atoms with Crippen LogP contribution >= 0.6 is 0 Å². The standard InChI is InChI=1S/C17H25NO2/c1-19-16-9-8-13(11-14-5-4-10-18-14)12-17(16)20-15-6-2-3-7-15/h8-9,12,14-15,18H,2-7,10-11H2,1H3. The zero-order valence-electron chi connectivity index (χ0n) is 12.4. The van der Waals surface area contributed by atoms with Gasteiger partial charge in [0.05, 0.1) is 13.2 Å². The van der Waals surface area contributed by atoms with Crippen LogP contribution in [-0.4, -0.2) is 25.8 Å². The van der Waals surface area contributed by atoms with Crippen molar-refractivity contribution in [2.45, 2.75) is 57.1 Å². The first-order valence-electron chi connectivity index (χ1n) is 7.92. The van der Waals surface area contributed by atoms with Gasteiger partial charge in [-0.15, -0.1) is 0 Å². The van der Waals surface area contributed by atoms with Crippen LogP contribution in [0, 0.1) is 0 Å². The lowest BCUT2D eigenvalue weighted by Gasteiger charge is -2.18. The predicted octanol–water partition coefficient (Wildman–Crippen LogP) is 3.31. The van der Waals surface area contributed by atoms with Gasteiger partial charge < -0.3 is 14.8 Å². The smallest absolute Gasteiger partial charge is 0.161 e. The number of methoxy groups -OCH3 is 1. The van der Waals surface area contributed by atoms with Crippen molar-refractivity contribution in [2.75, 3.05) is 13.7 Å². The molecule has 2 fully saturated rings. The highest BCUT2D eigenvalue weighted by Crippen LogP contribution is 2.33. The molecule has 1 aliphatic heterocycles. The van der Waals surface area contributed by atoms with E-state index in [-0.39, 0.29) is 0 Å². The molecule has 20 heavy (non-hydrogen) atoms. The summed E-state index contributed by atoms with van der Waals surface area (Å²) >= 11 is 0. The molecule has 2 aliphatic rings. The number of hydrogen-bond acceptors (Lipinski definition) is 3. The minimum atomic E-state index is 0.378. The molecule has 1 N–H and O–H groups in total. The lowest BCUT2D eigenvalue weighted by molar-refractivity contribution is 0.200. The molecule has 0 bridgehead atoms. The second-order valence-electron chi connectivity index (χ2n) is 6.01. The number of benzene rings is 1. The average Bonchev–Trinajstić information content (AvgIpc) is 3.13. The summed E-state index contributed by atoms with van der Waals surface area (Å²) in [6, 6.07) is 7.02. The molecule has 0 spiro atoms. The Labute approximate surface area is 121 Å². The van der Waals surface area contributed by atoms with Crippen LogP contribution in [0.5, 0.6) is 11.5 Å². The summed E-state index contributed by atoms with van der Waals surface area (Å²) < 4.78 is 11.6. The Morgan fingerprint density at radius 2 is 1.95 bits per heavy atom. The molecule has 1 unspecified atom stereocenters. The minimum absolute atomic E-state index is 0.378. The topological polar surface area (TPSA) is 30.5 Å². The molecule has 0 amide bonds. The summed E-state index contributed by atoms with van der Waals surface area (Å²) in [5.41, 5.74) is 1.35. The largest absolute Gasteiger partial charge is 0.493 e. The van der Waals surface area contributed by atoms with Crippen LogP contribution in [0.25, 0.3) is 0 Å². The molecule has 1 saturated heterocycles. The van der Waals surface area contributed by atoms with E-state index in [9.17, 15) is 0 Å². The second kappa shape index (κ2) is 6.49. The average molecular weight is 275 g/mol. The molecular weight excluding hydrogens is 250 g/mol. The minimum Gasteiger partial charge on any atom is -0.493 e. The van der Waals surface area contributed by atoms with Crippen molar-refractivity contribution in [3.63, 3.8) is 0 Å². The van der Waals surface area contributed by atoms with E-state index >= 15 is 0 Å².